The summed E-state index contributed by atoms with van der Waals surface area (Å²) in [7, 11) is 0. The van der Waals surface area contributed by atoms with Gasteiger partial charge in [0.05, 0.1) is 6.20 Å². The number of aromatic nitrogens is 1. The van der Waals surface area contributed by atoms with Gasteiger partial charge in [-0.3, -0.25) is 4.79 Å². The normalized spacial score (nSPS) is 10.2. The number of oxazole rings is 1. The Kier molecular flexibility index (Phi) is 6.86. The van der Waals surface area contributed by atoms with Crippen LogP contribution >= 0.6 is 0 Å². The topological polar surface area (TPSA) is 64.4 Å². The van der Waals surface area contributed by atoms with Crippen molar-refractivity contribution < 1.29 is 13.9 Å². The van der Waals surface area contributed by atoms with Crippen LogP contribution in [0.5, 0.6) is 5.75 Å². The van der Waals surface area contributed by atoms with Gasteiger partial charge in [-0.1, -0.05) is 48.4 Å². The van der Waals surface area contributed by atoms with Gasteiger partial charge in [-0.2, -0.15) is 0 Å². The zero-order valence-electron chi connectivity index (χ0n) is 15.6. The fraction of sp³-hybridized carbons (Fsp3) is 0.217. The third-order valence-electron chi connectivity index (χ3n) is 4.16. The van der Waals surface area contributed by atoms with E-state index < -0.39 is 0 Å². The average molecular weight is 374 g/mol. The summed E-state index contributed by atoms with van der Waals surface area (Å²) in [5, 5.41) is 2.92. The van der Waals surface area contributed by atoms with Crippen LogP contribution in [-0.2, 0) is 17.6 Å². The Balaban J connectivity index is 1.38. The van der Waals surface area contributed by atoms with E-state index in [4.69, 9.17) is 15.6 Å². The molecule has 28 heavy (non-hydrogen) atoms. The van der Waals surface area contributed by atoms with E-state index in [2.05, 4.69) is 16.2 Å². The van der Waals surface area contributed by atoms with Gasteiger partial charge in [0.15, 0.2) is 11.7 Å². The third-order valence-corrected chi connectivity index (χ3v) is 4.16. The van der Waals surface area contributed by atoms with Crippen LogP contribution in [0, 0.1) is 12.3 Å². The molecule has 0 radical (unpaired) electrons. The van der Waals surface area contributed by atoms with Crippen LogP contribution < -0.4 is 10.1 Å². The molecular formula is C23H22N2O3. The number of amides is 1. The Morgan fingerprint density at radius 2 is 1.89 bits per heavy atom. The molecule has 3 aromatic rings. The Labute approximate surface area is 164 Å². The highest BCUT2D eigenvalue weighted by Gasteiger charge is 2.08. The molecule has 5 nitrogen and oxygen atoms in total. The van der Waals surface area contributed by atoms with Crippen molar-refractivity contribution >= 4 is 5.91 Å². The van der Waals surface area contributed by atoms with E-state index in [0.29, 0.717) is 31.0 Å². The van der Waals surface area contributed by atoms with Gasteiger partial charge in [0.2, 0.25) is 5.91 Å². The first-order valence-electron chi connectivity index (χ1n) is 9.16. The summed E-state index contributed by atoms with van der Waals surface area (Å²) in [6.45, 7) is 0.830. The van der Waals surface area contributed by atoms with E-state index >= 15 is 0 Å². The van der Waals surface area contributed by atoms with Gasteiger partial charge in [-0.15, -0.1) is 6.42 Å². The molecule has 0 saturated heterocycles. The summed E-state index contributed by atoms with van der Waals surface area (Å²) in [6.07, 6.45) is 8.42. The van der Waals surface area contributed by atoms with Crippen molar-refractivity contribution in [3.8, 4) is 29.4 Å². The van der Waals surface area contributed by atoms with Crippen molar-refractivity contribution in [2.24, 2.45) is 0 Å². The third kappa shape index (κ3) is 5.75. The van der Waals surface area contributed by atoms with Crippen LogP contribution in [0.2, 0.25) is 0 Å². The van der Waals surface area contributed by atoms with Crippen LogP contribution in [0.25, 0.3) is 11.3 Å². The van der Waals surface area contributed by atoms with Gasteiger partial charge in [-0.25, -0.2) is 4.98 Å². The molecular weight excluding hydrogens is 352 g/mol. The molecule has 0 aliphatic heterocycles. The number of aryl methyl sites for hydroxylation is 1. The van der Waals surface area contributed by atoms with Gasteiger partial charge < -0.3 is 14.5 Å². The highest BCUT2D eigenvalue weighted by atomic mass is 16.5. The number of rotatable bonds is 9. The van der Waals surface area contributed by atoms with Crippen molar-refractivity contribution in [1.82, 2.24) is 10.3 Å². The van der Waals surface area contributed by atoms with Gasteiger partial charge in [0, 0.05) is 24.9 Å². The number of ether oxygens (including phenoxy) is 1. The second kappa shape index (κ2) is 9.98. The monoisotopic (exact) mass is 374 g/mol. The molecule has 1 aromatic heterocycles. The molecule has 5 heteroatoms. The quantitative estimate of drug-likeness (QED) is 0.581. The lowest BCUT2D eigenvalue weighted by molar-refractivity contribution is -0.121. The molecule has 0 unspecified atom stereocenters. The summed E-state index contributed by atoms with van der Waals surface area (Å²) in [5.41, 5.74) is 2.09. The van der Waals surface area contributed by atoms with Crippen LogP contribution in [0.1, 0.15) is 17.9 Å². The van der Waals surface area contributed by atoms with Crippen LogP contribution in [0.4, 0.5) is 0 Å². The minimum absolute atomic E-state index is 0.0200. The average Bonchev–Trinajstić information content (AvgIpc) is 3.21. The molecule has 2 aromatic carbocycles. The lowest BCUT2D eigenvalue weighted by Gasteiger charge is -2.06. The van der Waals surface area contributed by atoms with Gasteiger partial charge in [0.25, 0.3) is 0 Å². The summed E-state index contributed by atoms with van der Waals surface area (Å²) in [6, 6.07) is 17.5. The molecule has 0 fully saturated rings. The summed E-state index contributed by atoms with van der Waals surface area (Å²) in [4.78, 5) is 16.3. The summed E-state index contributed by atoms with van der Waals surface area (Å²) < 4.78 is 11.1. The lowest BCUT2D eigenvalue weighted by atomic mass is 10.1. The van der Waals surface area contributed by atoms with E-state index in [0.717, 1.165) is 23.3 Å². The Hall–Kier alpha value is -3.52. The minimum atomic E-state index is -0.0200. The zero-order valence-corrected chi connectivity index (χ0v) is 15.6. The number of carbonyl (C=O) groups is 1. The number of nitrogens with one attached hydrogen (secondary N) is 1. The molecule has 0 saturated carbocycles. The number of nitrogens with zero attached hydrogens (tertiary/aromatic N) is 1. The first kappa shape index (κ1) is 19.2. The fourth-order valence-electron chi connectivity index (χ4n) is 2.69. The number of carbonyl (C=O) groups excluding carboxylic acids is 1. The molecule has 0 atom stereocenters. The molecule has 142 valence electrons. The SMILES string of the molecule is C#CCOc1ccc(CCNC(=O)CCc2ncc(-c3ccccc3)o2)cc1. The highest BCUT2D eigenvalue weighted by molar-refractivity contribution is 5.76. The number of benzene rings is 2. The van der Waals surface area contributed by atoms with Gasteiger partial charge in [-0.05, 0) is 24.1 Å². The van der Waals surface area contributed by atoms with Crippen molar-refractivity contribution in [2.45, 2.75) is 19.3 Å². The predicted octanol–water partition coefficient (Wildman–Crippen LogP) is 3.65. The van der Waals surface area contributed by atoms with E-state index in [9.17, 15) is 4.79 Å². The maximum atomic E-state index is 12.0. The fourth-order valence-corrected chi connectivity index (χ4v) is 2.69. The maximum absolute atomic E-state index is 12.0. The van der Waals surface area contributed by atoms with Crippen LogP contribution in [0.15, 0.2) is 65.2 Å². The molecule has 1 N–H and O–H groups in total. The van der Waals surface area contributed by atoms with Crippen molar-refractivity contribution in [3.63, 3.8) is 0 Å². The van der Waals surface area contributed by atoms with E-state index in [1.165, 1.54) is 0 Å². The Morgan fingerprint density at radius 3 is 2.64 bits per heavy atom. The molecule has 3 rings (SSSR count). The van der Waals surface area contributed by atoms with E-state index in [1.54, 1.807) is 6.20 Å². The molecule has 0 aliphatic carbocycles. The molecule has 1 heterocycles. The standard InChI is InChI=1S/C23H22N2O3/c1-2-16-27-20-10-8-18(9-11-20)14-15-24-22(26)12-13-23-25-17-21(28-23)19-6-4-3-5-7-19/h1,3-11,17H,12-16H2,(H,24,26). The Bertz CT molecular complexity index is 924. The summed E-state index contributed by atoms with van der Waals surface area (Å²) >= 11 is 0. The first-order valence-corrected chi connectivity index (χ1v) is 9.16. The van der Waals surface area contributed by atoms with Crippen molar-refractivity contribution in [3.05, 3.63) is 72.2 Å². The van der Waals surface area contributed by atoms with E-state index in [1.807, 2.05) is 54.6 Å². The van der Waals surface area contributed by atoms with Crippen molar-refractivity contribution in [2.75, 3.05) is 13.2 Å². The molecule has 0 bridgehead atoms. The number of hydrogen-bond donors (Lipinski definition) is 1. The second-order valence-electron chi connectivity index (χ2n) is 6.22. The second-order valence-corrected chi connectivity index (χ2v) is 6.22. The lowest BCUT2D eigenvalue weighted by Crippen LogP contribution is -2.25. The van der Waals surface area contributed by atoms with Crippen LogP contribution in [0.3, 0.4) is 0 Å². The molecule has 0 aliphatic rings. The number of terminal acetylenes is 1. The smallest absolute Gasteiger partial charge is 0.220 e. The zero-order chi connectivity index (χ0) is 19.6. The predicted molar refractivity (Wildman–Crippen MR) is 108 cm³/mol. The minimum Gasteiger partial charge on any atom is -0.481 e. The molecule has 1 amide bonds. The molecule has 0 spiro atoms. The van der Waals surface area contributed by atoms with Crippen molar-refractivity contribution in [1.29, 1.82) is 0 Å². The Morgan fingerprint density at radius 1 is 1.11 bits per heavy atom. The summed E-state index contributed by atoms with van der Waals surface area (Å²) in [5.74, 6) is 4.43. The number of hydrogen-bond acceptors (Lipinski definition) is 4. The first-order chi connectivity index (χ1) is 13.7. The van der Waals surface area contributed by atoms with Gasteiger partial charge >= 0.3 is 0 Å². The van der Waals surface area contributed by atoms with Gasteiger partial charge in [0.1, 0.15) is 12.4 Å². The highest BCUT2D eigenvalue weighted by Crippen LogP contribution is 2.20. The van der Waals surface area contributed by atoms with E-state index in [-0.39, 0.29) is 12.5 Å². The maximum Gasteiger partial charge on any atom is 0.220 e. The van der Waals surface area contributed by atoms with Crippen LogP contribution in [-0.4, -0.2) is 24.0 Å². The largest absolute Gasteiger partial charge is 0.481 e.